The Kier molecular flexibility index (Phi) is 6.06. The van der Waals surface area contributed by atoms with Crippen LogP contribution in [0.3, 0.4) is 0 Å². The minimum Gasteiger partial charge on any atom is -0.354 e. The SMILES string of the molecule is CC(CCc1ccccc1)NC(=O)CC1CCCNC1. The van der Waals surface area contributed by atoms with E-state index >= 15 is 0 Å². The predicted octanol–water partition coefficient (Wildman–Crippen LogP) is 2.51. The molecule has 1 heterocycles. The third-order valence-corrected chi connectivity index (χ3v) is 3.99. The molecule has 0 saturated carbocycles. The molecule has 0 aliphatic carbocycles. The summed E-state index contributed by atoms with van der Waals surface area (Å²) in [5, 5.41) is 6.49. The number of aryl methyl sites for hydroxylation is 1. The van der Waals surface area contributed by atoms with Gasteiger partial charge in [0.25, 0.3) is 0 Å². The third kappa shape index (κ3) is 5.33. The summed E-state index contributed by atoms with van der Waals surface area (Å²) in [6.07, 6.45) is 5.06. The Bertz CT molecular complexity index is 399. The van der Waals surface area contributed by atoms with Crippen molar-refractivity contribution in [3.05, 3.63) is 35.9 Å². The second-order valence-corrected chi connectivity index (χ2v) is 5.91. The number of carbonyl (C=O) groups is 1. The highest BCUT2D eigenvalue weighted by molar-refractivity contribution is 5.76. The Labute approximate surface area is 122 Å². The number of hydrogen-bond acceptors (Lipinski definition) is 2. The summed E-state index contributed by atoms with van der Waals surface area (Å²) in [5.74, 6) is 0.726. The van der Waals surface area contributed by atoms with Crippen LogP contribution in [0.15, 0.2) is 30.3 Å². The van der Waals surface area contributed by atoms with E-state index in [1.165, 1.54) is 18.4 Å². The van der Waals surface area contributed by atoms with Crippen LogP contribution in [-0.4, -0.2) is 25.0 Å². The summed E-state index contributed by atoms with van der Waals surface area (Å²) >= 11 is 0. The highest BCUT2D eigenvalue weighted by Crippen LogP contribution is 2.14. The molecule has 1 fully saturated rings. The Morgan fingerprint density at radius 3 is 2.90 bits per heavy atom. The highest BCUT2D eigenvalue weighted by Gasteiger charge is 2.17. The molecule has 0 bridgehead atoms. The summed E-state index contributed by atoms with van der Waals surface area (Å²) in [6.45, 7) is 4.19. The van der Waals surface area contributed by atoms with Gasteiger partial charge >= 0.3 is 0 Å². The summed E-state index contributed by atoms with van der Waals surface area (Å²) in [6, 6.07) is 10.7. The maximum absolute atomic E-state index is 12.0. The summed E-state index contributed by atoms with van der Waals surface area (Å²) in [7, 11) is 0. The molecule has 0 spiro atoms. The van der Waals surface area contributed by atoms with Crippen molar-refractivity contribution in [3.63, 3.8) is 0 Å². The first-order chi connectivity index (χ1) is 9.74. The van der Waals surface area contributed by atoms with Crippen molar-refractivity contribution in [2.75, 3.05) is 13.1 Å². The van der Waals surface area contributed by atoms with Crippen LogP contribution in [0.25, 0.3) is 0 Å². The van der Waals surface area contributed by atoms with Gasteiger partial charge in [0.2, 0.25) is 5.91 Å². The predicted molar refractivity (Wildman–Crippen MR) is 82.6 cm³/mol. The molecule has 1 amide bonds. The molecule has 110 valence electrons. The van der Waals surface area contributed by atoms with Crippen molar-refractivity contribution < 1.29 is 4.79 Å². The van der Waals surface area contributed by atoms with Crippen LogP contribution in [0.5, 0.6) is 0 Å². The zero-order valence-electron chi connectivity index (χ0n) is 12.4. The first-order valence-electron chi connectivity index (χ1n) is 7.78. The van der Waals surface area contributed by atoms with E-state index in [0.717, 1.165) is 25.9 Å². The Balaban J connectivity index is 1.65. The van der Waals surface area contributed by atoms with Crippen molar-refractivity contribution in [2.45, 2.75) is 45.1 Å². The molecule has 2 rings (SSSR count). The molecule has 3 nitrogen and oxygen atoms in total. The quantitative estimate of drug-likeness (QED) is 0.837. The number of nitrogens with one attached hydrogen (secondary N) is 2. The zero-order valence-corrected chi connectivity index (χ0v) is 12.4. The number of piperidine rings is 1. The molecule has 1 aliphatic rings. The summed E-state index contributed by atoms with van der Waals surface area (Å²) < 4.78 is 0. The average molecular weight is 274 g/mol. The lowest BCUT2D eigenvalue weighted by Gasteiger charge is -2.23. The lowest BCUT2D eigenvalue weighted by Crippen LogP contribution is -2.37. The molecule has 0 aromatic heterocycles. The van der Waals surface area contributed by atoms with Gasteiger partial charge < -0.3 is 10.6 Å². The first kappa shape index (κ1) is 15.0. The van der Waals surface area contributed by atoms with Gasteiger partial charge in [-0.1, -0.05) is 30.3 Å². The van der Waals surface area contributed by atoms with Crippen LogP contribution < -0.4 is 10.6 Å². The average Bonchev–Trinajstić information content (AvgIpc) is 2.47. The normalized spacial score (nSPS) is 20.4. The zero-order chi connectivity index (χ0) is 14.2. The van der Waals surface area contributed by atoms with Crippen molar-refractivity contribution in [2.24, 2.45) is 5.92 Å². The first-order valence-corrected chi connectivity index (χ1v) is 7.78. The van der Waals surface area contributed by atoms with Crippen LogP contribution in [0, 0.1) is 5.92 Å². The van der Waals surface area contributed by atoms with Gasteiger partial charge in [-0.2, -0.15) is 0 Å². The fourth-order valence-electron chi connectivity index (χ4n) is 2.79. The lowest BCUT2D eigenvalue weighted by atomic mass is 9.95. The maximum atomic E-state index is 12.0. The number of carbonyl (C=O) groups excluding carboxylic acids is 1. The Morgan fingerprint density at radius 1 is 1.40 bits per heavy atom. The van der Waals surface area contributed by atoms with Crippen molar-refractivity contribution >= 4 is 5.91 Å². The van der Waals surface area contributed by atoms with Gasteiger partial charge in [-0.25, -0.2) is 0 Å². The fraction of sp³-hybridized carbons (Fsp3) is 0.588. The molecule has 2 atom stereocenters. The van der Waals surface area contributed by atoms with E-state index in [0.29, 0.717) is 12.3 Å². The van der Waals surface area contributed by atoms with Crippen LogP contribution in [0.1, 0.15) is 38.2 Å². The van der Waals surface area contributed by atoms with Crippen LogP contribution in [0.4, 0.5) is 0 Å². The number of benzene rings is 1. The van der Waals surface area contributed by atoms with Crippen LogP contribution >= 0.6 is 0 Å². The van der Waals surface area contributed by atoms with E-state index in [-0.39, 0.29) is 11.9 Å². The molecular weight excluding hydrogens is 248 g/mol. The van der Waals surface area contributed by atoms with E-state index in [1.54, 1.807) is 0 Å². The van der Waals surface area contributed by atoms with Gasteiger partial charge in [0.1, 0.15) is 0 Å². The molecule has 1 aliphatic heterocycles. The topological polar surface area (TPSA) is 41.1 Å². The minimum atomic E-state index is 0.208. The van der Waals surface area contributed by atoms with Gasteiger partial charge in [-0.15, -0.1) is 0 Å². The fourth-order valence-corrected chi connectivity index (χ4v) is 2.79. The van der Waals surface area contributed by atoms with E-state index in [9.17, 15) is 4.79 Å². The van der Waals surface area contributed by atoms with Crippen molar-refractivity contribution in [1.82, 2.24) is 10.6 Å². The van der Waals surface area contributed by atoms with Gasteiger partial charge in [0, 0.05) is 12.5 Å². The Hall–Kier alpha value is -1.35. The second-order valence-electron chi connectivity index (χ2n) is 5.91. The van der Waals surface area contributed by atoms with E-state index < -0.39 is 0 Å². The van der Waals surface area contributed by atoms with E-state index in [4.69, 9.17) is 0 Å². The summed E-state index contributed by atoms with van der Waals surface area (Å²) in [4.78, 5) is 12.0. The Morgan fingerprint density at radius 2 is 2.20 bits per heavy atom. The van der Waals surface area contributed by atoms with Crippen molar-refractivity contribution in [1.29, 1.82) is 0 Å². The number of hydrogen-bond donors (Lipinski definition) is 2. The largest absolute Gasteiger partial charge is 0.354 e. The molecule has 20 heavy (non-hydrogen) atoms. The molecular formula is C17H26N2O. The molecule has 2 N–H and O–H groups in total. The van der Waals surface area contributed by atoms with Gasteiger partial charge in [-0.3, -0.25) is 4.79 Å². The standard InChI is InChI=1S/C17H26N2O/c1-14(9-10-15-6-3-2-4-7-15)19-17(20)12-16-8-5-11-18-13-16/h2-4,6-7,14,16,18H,5,8-13H2,1H3,(H,19,20). The van der Waals surface area contributed by atoms with Crippen LogP contribution in [0.2, 0.25) is 0 Å². The monoisotopic (exact) mass is 274 g/mol. The van der Waals surface area contributed by atoms with Crippen molar-refractivity contribution in [3.8, 4) is 0 Å². The molecule has 2 unspecified atom stereocenters. The van der Waals surface area contributed by atoms with Gasteiger partial charge in [0.15, 0.2) is 0 Å². The second kappa shape index (κ2) is 8.05. The molecule has 1 aromatic rings. The van der Waals surface area contributed by atoms with Gasteiger partial charge in [-0.05, 0) is 57.2 Å². The molecule has 0 radical (unpaired) electrons. The number of amides is 1. The lowest BCUT2D eigenvalue weighted by molar-refractivity contribution is -0.122. The van der Waals surface area contributed by atoms with E-state index in [1.807, 2.05) is 6.07 Å². The molecule has 1 aromatic carbocycles. The van der Waals surface area contributed by atoms with Crippen LogP contribution in [-0.2, 0) is 11.2 Å². The molecule has 1 saturated heterocycles. The minimum absolute atomic E-state index is 0.208. The highest BCUT2D eigenvalue weighted by atomic mass is 16.1. The smallest absolute Gasteiger partial charge is 0.220 e. The van der Waals surface area contributed by atoms with Gasteiger partial charge in [0.05, 0.1) is 0 Å². The third-order valence-electron chi connectivity index (χ3n) is 3.99. The summed E-state index contributed by atoms with van der Waals surface area (Å²) in [5.41, 5.74) is 1.34. The number of rotatable bonds is 6. The maximum Gasteiger partial charge on any atom is 0.220 e. The molecule has 3 heteroatoms. The van der Waals surface area contributed by atoms with E-state index in [2.05, 4.69) is 41.8 Å².